The van der Waals surface area contributed by atoms with Crippen molar-refractivity contribution >= 4 is 29.3 Å². The number of anilines is 1. The van der Waals surface area contributed by atoms with E-state index in [2.05, 4.69) is 0 Å². The van der Waals surface area contributed by atoms with Crippen molar-refractivity contribution < 1.29 is 23.5 Å². The summed E-state index contributed by atoms with van der Waals surface area (Å²) in [5.74, 6) is -0.233. The van der Waals surface area contributed by atoms with E-state index in [0.29, 0.717) is 28.3 Å². The molecule has 1 atom stereocenters. The van der Waals surface area contributed by atoms with Crippen molar-refractivity contribution in [1.29, 1.82) is 0 Å². The van der Waals surface area contributed by atoms with Crippen LogP contribution in [0.4, 0.5) is 10.1 Å². The van der Waals surface area contributed by atoms with Crippen molar-refractivity contribution in [2.24, 2.45) is 5.73 Å². The molecule has 0 aromatic heterocycles. The number of rotatable bonds is 7. The monoisotopic (exact) mass is 418 g/mol. The van der Waals surface area contributed by atoms with Crippen LogP contribution in [0.3, 0.4) is 0 Å². The van der Waals surface area contributed by atoms with Crippen LogP contribution in [-0.4, -0.2) is 37.4 Å². The number of benzene rings is 2. The van der Waals surface area contributed by atoms with Crippen LogP contribution in [0.15, 0.2) is 36.4 Å². The topological polar surface area (TPSA) is 81.9 Å². The van der Waals surface area contributed by atoms with E-state index < -0.39 is 5.97 Å². The fourth-order valence-corrected chi connectivity index (χ4v) is 4.39. The third-order valence-corrected chi connectivity index (χ3v) is 5.73. The normalized spacial score (nSPS) is 16.2. The fraction of sp³-hybridized carbons (Fsp3) is 0.333. The second-order valence-corrected chi connectivity index (χ2v) is 7.49. The molecule has 0 bridgehead atoms. The lowest BCUT2D eigenvalue weighted by Crippen LogP contribution is -2.29. The molecule has 2 aromatic rings. The van der Waals surface area contributed by atoms with Gasteiger partial charge in [-0.2, -0.15) is 0 Å². The molecule has 0 spiro atoms. The molecule has 1 saturated heterocycles. The van der Waals surface area contributed by atoms with Gasteiger partial charge in [0, 0.05) is 12.1 Å². The number of halogens is 1. The number of nitrogens with zero attached hydrogens (tertiary/aromatic N) is 1. The number of ether oxygens (including phenoxy) is 2. The molecule has 1 amide bonds. The first kappa shape index (κ1) is 21.1. The van der Waals surface area contributed by atoms with E-state index in [0.717, 1.165) is 5.56 Å². The van der Waals surface area contributed by atoms with E-state index in [9.17, 15) is 14.0 Å². The van der Waals surface area contributed by atoms with Gasteiger partial charge in [-0.05, 0) is 43.7 Å². The molecule has 2 aromatic carbocycles. The van der Waals surface area contributed by atoms with Crippen LogP contribution in [0, 0.1) is 12.7 Å². The van der Waals surface area contributed by atoms with E-state index >= 15 is 0 Å². The van der Waals surface area contributed by atoms with Crippen molar-refractivity contribution in [2.45, 2.75) is 19.2 Å². The van der Waals surface area contributed by atoms with Crippen molar-refractivity contribution in [2.75, 3.05) is 30.4 Å². The molecule has 0 aliphatic carbocycles. The molecule has 1 aliphatic heterocycles. The predicted octanol–water partition coefficient (Wildman–Crippen LogP) is 3.43. The largest absolute Gasteiger partial charge is 0.491 e. The van der Waals surface area contributed by atoms with Crippen molar-refractivity contribution in [1.82, 2.24) is 0 Å². The summed E-state index contributed by atoms with van der Waals surface area (Å²) < 4.78 is 24.2. The first-order chi connectivity index (χ1) is 14.0. The Hall–Kier alpha value is -2.58. The minimum Gasteiger partial charge on any atom is -0.491 e. The first-order valence-electron chi connectivity index (χ1n) is 9.30. The van der Waals surface area contributed by atoms with E-state index in [1.54, 1.807) is 43.0 Å². The van der Waals surface area contributed by atoms with Crippen LogP contribution in [-0.2, 0) is 9.53 Å². The molecule has 1 unspecified atom stereocenters. The van der Waals surface area contributed by atoms with Gasteiger partial charge in [0.1, 0.15) is 29.1 Å². The van der Waals surface area contributed by atoms with Gasteiger partial charge in [0.05, 0.1) is 18.0 Å². The van der Waals surface area contributed by atoms with E-state index in [-0.39, 0.29) is 36.9 Å². The third-order valence-electron chi connectivity index (χ3n) is 4.52. The van der Waals surface area contributed by atoms with Crippen LogP contribution < -0.4 is 15.4 Å². The summed E-state index contributed by atoms with van der Waals surface area (Å²) in [5.41, 5.74) is 7.95. The molecule has 8 heteroatoms. The maximum atomic E-state index is 13.3. The van der Waals surface area contributed by atoms with Gasteiger partial charge in [-0.1, -0.05) is 12.1 Å². The fourth-order valence-electron chi connectivity index (χ4n) is 3.22. The maximum Gasteiger partial charge on any atom is 0.341 e. The van der Waals surface area contributed by atoms with Gasteiger partial charge in [0.2, 0.25) is 5.91 Å². The summed E-state index contributed by atoms with van der Waals surface area (Å²) in [6.45, 7) is 4.27. The number of amides is 1. The van der Waals surface area contributed by atoms with E-state index in [1.807, 2.05) is 0 Å². The summed E-state index contributed by atoms with van der Waals surface area (Å²) in [6, 6.07) is 9.42. The molecule has 0 radical (unpaired) electrons. The molecule has 29 heavy (non-hydrogen) atoms. The SMILES string of the molecule is CCOC(=O)c1ccc(N2C(=O)CSC2c2ccc(F)cc2)c(C)c1OCCN. The molecule has 3 rings (SSSR count). The average molecular weight is 418 g/mol. The Labute approximate surface area is 173 Å². The Balaban J connectivity index is 2.04. The molecule has 1 aliphatic rings. The van der Waals surface area contributed by atoms with Gasteiger partial charge >= 0.3 is 5.97 Å². The van der Waals surface area contributed by atoms with Crippen LogP contribution in [0.5, 0.6) is 5.75 Å². The molecule has 6 nitrogen and oxygen atoms in total. The van der Waals surface area contributed by atoms with Crippen LogP contribution >= 0.6 is 11.8 Å². The van der Waals surface area contributed by atoms with Crippen LogP contribution in [0.25, 0.3) is 0 Å². The van der Waals surface area contributed by atoms with Crippen molar-refractivity contribution in [3.05, 3.63) is 58.9 Å². The van der Waals surface area contributed by atoms with Gasteiger partial charge in [0.25, 0.3) is 0 Å². The highest BCUT2D eigenvalue weighted by Gasteiger charge is 2.36. The maximum absolute atomic E-state index is 13.3. The molecule has 1 heterocycles. The summed E-state index contributed by atoms with van der Waals surface area (Å²) in [5, 5.41) is -0.294. The standard InChI is InChI=1S/C21H23FN2O4S/c1-3-27-21(26)16-8-9-17(13(2)19(16)28-11-10-23)24-18(25)12-29-20(24)14-4-6-15(22)7-5-14/h4-9,20H,3,10-12,23H2,1-2H3. The third kappa shape index (κ3) is 4.38. The molecule has 2 N–H and O–H groups in total. The molecular formula is C21H23FN2O4S. The number of hydrogen-bond acceptors (Lipinski definition) is 6. The number of carbonyl (C=O) groups excluding carboxylic acids is 2. The highest BCUT2D eigenvalue weighted by molar-refractivity contribution is 8.00. The Morgan fingerprint density at radius 2 is 2.00 bits per heavy atom. The van der Waals surface area contributed by atoms with Crippen LogP contribution in [0.1, 0.15) is 33.8 Å². The summed E-state index contributed by atoms with van der Waals surface area (Å²) in [6.07, 6.45) is 0. The minimum absolute atomic E-state index is 0.0684. The average Bonchev–Trinajstić information content (AvgIpc) is 3.09. The van der Waals surface area contributed by atoms with Gasteiger partial charge in [-0.25, -0.2) is 9.18 Å². The minimum atomic E-state index is -0.494. The van der Waals surface area contributed by atoms with E-state index in [4.69, 9.17) is 15.2 Å². The van der Waals surface area contributed by atoms with Crippen LogP contribution in [0.2, 0.25) is 0 Å². The quantitative estimate of drug-likeness (QED) is 0.694. The Morgan fingerprint density at radius 3 is 2.66 bits per heavy atom. The van der Waals surface area contributed by atoms with Crippen molar-refractivity contribution in [3.8, 4) is 5.75 Å². The lowest BCUT2D eigenvalue weighted by molar-refractivity contribution is -0.115. The van der Waals surface area contributed by atoms with Gasteiger partial charge in [-0.15, -0.1) is 11.8 Å². The predicted molar refractivity (Wildman–Crippen MR) is 111 cm³/mol. The number of thioether (sulfide) groups is 1. The second kappa shape index (κ2) is 9.28. The lowest BCUT2D eigenvalue weighted by atomic mass is 10.1. The molecule has 0 saturated carbocycles. The summed E-state index contributed by atoms with van der Waals surface area (Å²) in [4.78, 5) is 26.7. The zero-order valence-electron chi connectivity index (χ0n) is 16.3. The number of esters is 1. The summed E-state index contributed by atoms with van der Waals surface area (Å²) in [7, 11) is 0. The Morgan fingerprint density at radius 1 is 1.28 bits per heavy atom. The number of nitrogens with two attached hydrogens (primary N) is 1. The van der Waals surface area contributed by atoms with Crippen molar-refractivity contribution in [3.63, 3.8) is 0 Å². The highest BCUT2D eigenvalue weighted by Crippen LogP contribution is 2.45. The molecular weight excluding hydrogens is 395 g/mol. The Bertz CT molecular complexity index is 904. The van der Waals surface area contributed by atoms with Gasteiger partial charge < -0.3 is 15.2 Å². The molecule has 154 valence electrons. The van der Waals surface area contributed by atoms with E-state index in [1.165, 1.54) is 23.9 Å². The molecule has 1 fully saturated rings. The zero-order valence-corrected chi connectivity index (χ0v) is 17.1. The number of carbonyl (C=O) groups is 2. The Kier molecular flexibility index (Phi) is 6.76. The smallest absolute Gasteiger partial charge is 0.341 e. The zero-order chi connectivity index (χ0) is 21.0. The number of hydrogen-bond donors (Lipinski definition) is 1. The first-order valence-corrected chi connectivity index (χ1v) is 10.4. The van der Waals surface area contributed by atoms with Gasteiger partial charge in [0.15, 0.2) is 0 Å². The van der Waals surface area contributed by atoms with Gasteiger partial charge in [-0.3, -0.25) is 9.69 Å². The second-order valence-electron chi connectivity index (χ2n) is 6.42. The lowest BCUT2D eigenvalue weighted by Gasteiger charge is -2.27. The highest BCUT2D eigenvalue weighted by atomic mass is 32.2. The summed E-state index contributed by atoms with van der Waals surface area (Å²) >= 11 is 1.46.